The topological polar surface area (TPSA) is 43.9 Å². The normalized spacial score (nSPS) is 11.8. The summed E-state index contributed by atoms with van der Waals surface area (Å²) >= 11 is 0. The van der Waals surface area contributed by atoms with Crippen LogP contribution in [0, 0.1) is 13.8 Å². The van der Waals surface area contributed by atoms with E-state index in [0.717, 1.165) is 29.2 Å². The molecule has 0 unspecified atom stereocenters. The van der Waals surface area contributed by atoms with E-state index in [9.17, 15) is 0 Å². The maximum atomic E-state index is 5.75. The molecule has 0 atom stereocenters. The Labute approximate surface area is 172 Å². The Hall–Kier alpha value is -3.14. The molecule has 0 aliphatic heterocycles. The SMILES string of the molecule is Cc1ccc(Cn2nc(-c3nc(-c4ccc(C(C)(C)C)cc4)co3)cc2C)cc1. The molecule has 2 aromatic heterocycles. The van der Waals surface area contributed by atoms with E-state index in [1.165, 1.54) is 16.7 Å². The van der Waals surface area contributed by atoms with Crippen molar-refractivity contribution in [3.63, 3.8) is 0 Å². The van der Waals surface area contributed by atoms with Crippen molar-refractivity contribution in [3.05, 3.63) is 83.2 Å². The molecule has 4 heteroatoms. The van der Waals surface area contributed by atoms with Gasteiger partial charge in [0.25, 0.3) is 0 Å². The Morgan fingerprint density at radius 1 is 0.897 bits per heavy atom. The van der Waals surface area contributed by atoms with E-state index in [4.69, 9.17) is 9.52 Å². The van der Waals surface area contributed by atoms with Gasteiger partial charge in [-0.25, -0.2) is 4.98 Å². The van der Waals surface area contributed by atoms with Crippen LogP contribution in [-0.4, -0.2) is 14.8 Å². The molecule has 4 aromatic rings. The van der Waals surface area contributed by atoms with Crippen molar-refractivity contribution in [2.24, 2.45) is 0 Å². The summed E-state index contributed by atoms with van der Waals surface area (Å²) in [5.41, 5.74) is 7.62. The van der Waals surface area contributed by atoms with Crippen molar-refractivity contribution in [1.29, 1.82) is 0 Å². The van der Waals surface area contributed by atoms with Crippen LogP contribution in [0.2, 0.25) is 0 Å². The van der Waals surface area contributed by atoms with Crippen molar-refractivity contribution in [3.8, 4) is 22.8 Å². The molecule has 0 saturated carbocycles. The van der Waals surface area contributed by atoms with Crippen LogP contribution in [-0.2, 0) is 12.0 Å². The van der Waals surface area contributed by atoms with Gasteiger partial charge in [0.15, 0.2) is 0 Å². The van der Waals surface area contributed by atoms with Gasteiger partial charge in [-0.1, -0.05) is 74.9 Å². The summed E-state index contributed by atoms with van der Waals surface area (Å²) in [5.74, 6) is 0.547. The summed E-state index contributed by atoms with van der Waals surface area (Å²) in [6.07, 6.45) is 1.70. The van der Waals surface area contributed by atoms with Crippen molar-refractivity contribution in [2.45, 2.75) is 46.6 Å². The first-order chi connectivity index (χ1) is 13.8. The van der Waals surface area contributed by atoms with Gasteiger partial charge < -0.3 is 4.42 Å². The van der Waals surface area contributed by atoms with Crippen LogP contribution in [0.25, 0.3) is 22.8 Å². The van der Waals surface area contributed by atoms with Crippen LogP contribution in [0.1, 0.15) is 43.2 Å². The van der Waals surface area contributed by atoms with E-state index < -0.39 is 0 Å². The van der Waals surface area contributed by atoms with Gasteiger partial charge in [0.05, 0.1) is 6.54 Å². The summed E-state index contributed by atoms with van der Waals surface area (Å²) in [4.78, 5) is 4.67. The van der Waals surface area contributed by atoms with E-state index in [-0.39, 0.29) is 5.41 Å². The zero-order chi connectivity index (χ0) is 20.6. The average Bonchev–Trinajstić information content (AvgIpc) is 3.30. The van der Waals surface area contributed by atoms with E-state index in [2.05, 4.69) is 88.1 Å². The second kappa shape index (κ2) is 7.36. The molecule has 0 fully saturated rings. The van der Waals surface area contributed by atoms with E-state index >= 15 is 0 Å². The monoisotopic (exact) mass is 385 g/mol. The Kier molecular flexibility index (Phi) is 4.87. The molecular formula is C25H27N3O. The first-order valence-electron chi connectivity index (χ1n) is 9.96. The zero-order valence-corrected chi connectivity index (χ0v) is 17.7. The fourth-order valence-corrected chi connectivity index (χ4v) is 3.31. The van der Waals surface area contributed by atoms with Crippen LogP contribution in [0.3, 0.4) is 0 Å². The minimum Gasteiger partial charge on any atom is -0.443 e. The second-order valence-corrected chi connectivity index (χ2v) is 8.68. The summed E-state index contributed by atoms with van der Waals surface area (Å²) in [6, 6.07) is 19.1. The molecule has 0 spiro atoms. The smallest absolute Gasteiger partial charge is 0.247 e. The molecule has 4 rings (SSSR count). The Balaban J connectivity index is 1.56. The first-order valence-corrected chi connectivity index (χ1v) is 9.96. The molecule has 0 saturated heterocycles. The lowest BCUT2D eigenvalue weighted by molar-refractivity contribution is 0.568. The highest BCUT2D eigenvalue weighted by molar-refractivity contribution is 5.62. The fraction of sp³-hybridized carbons (Fsp3) is 0.280. The zero-order valence-electron chi connectivity index (χ0n) is 17.7. The summed E-state index contributed by atoms with van der Waals surface area (Å²) in [5, 5.41) is 4.71. The Bertz CT molecular complexity index is 1110. The average molecular weight is 386 g/mol. The van der Waals surface area contributed by atoms with Gasteiger partial charge in [-0.2, -0.15) is 5.10 Å². The number of aromatic nitrogens is 3. The molecule has 4 nitrogen and oxygen atoms in total. The van der Waals surface area contributed by atoms with Gasteiger partial charge in [-0.15, -0.1) is 0 Å². The van der Waals surface area contributed by atoms with Crippen molar-refractivity contribution in [1.82, 2.24) is 14.8 Å². The van der Waals surface area contributed by atoms with E-state index in [0.29, 0.717) is 5.89 Å². The Morgan fingerprint density at radius 3 is 2.24 bits per heavy atom. The van der Waals surface area contributed by atoms with Gasteiger partial charge in [0, 0.05) is 11.3 Å². The minimum atomic E-state index is 0.134. The first kappa shape index (κ1) is 19.2. The van der Waals surface area contributed by atoms with E-state index in [1.54, 1.807) is 6.26 Å². The molecule has 0 aliphatic carbocycles. The highest BCUT2D eigenvalue weighted by Crippen LogP contribution is 2.28. The highest BCUT2D eigenvalue weighted by atomic mass is 16.3. The molecule has 0 N–H and O–H groups in total. The second-order valence-electron chi connectivity index (χ2n) is 8.68. The Morgan fingerprint density at radius 2 is 1.59 bits per heavy atom. The van der Waals surface area contributed by atoms with E-state index in [1.807, 2.05) is 10.7 Å². The third-order valence-corrected chi connectivity index (χ3v) is 5.20. The van der Waals surface area contributed by atoms with Gasteiger partial charge in [0.1, 0.15) is 17.7 Å². The maximum Gasteiger partial charge on any atom is 0.247 e. The summed E-state index contributed by atoms with van der Waals surface area (Å²) in [6.45, 7) is 11.5. The quantitative estimate of drug-likeness (QED) is 0.422. The number of hydrogen-bond donors (Lipinski definition) is 0. The standard InChI is InChI=1S/C25H27N3O/c1-17-6-8-19(9-7-17)15-28-18(2)14-22(27-28)24-26-23(16-29-24)20-10-12-21(13-11-20)25(3,4)5/h6-14,16H,15H2,1-5H3. The molecule has 148 valence electrons. The molecule has 2 heterocycles. The molecule has 0 aliphatic rings. The summed E-state index contributed by atoms with van der Waals surface area (Å²) < 4.78 is 7.74. The van der Waals surface area contributed by atoms with Crippen LogP contribution in [0.4, 0.5) is 0 Å². The number of rotatable bonds is 4. The minimum absolute atomic E-state index is 0.134. The lowest BCUT2D eigenvalue weighted by Gasteiger charge is -2.18. The molecular weight excluding hydrogens is 358 g/mol. The van der Waals surface area contributed by atoms with Crippen molar-refractivity contribution < 1.29 is 4.42 Å². The number of benzene rings is 2. The molecule has 29 heavy (non-hydrogen) atoms. The predicted octanol–water partition coefficient (Wildman–Crippen LogP) is 6.17. The van der Waals surface area contributed by atoms with Crippen molar-refractivity contribution in [2.75, 3.05) is 0 Å². The van der Waals surface area contributed by atoms with Crippen LogP contribution in [0.15, 0.2) is 65.3 Å². The maximum absolute atomic E-state index is 5.75. The van der Waals surface area contributed by atoms with Gasteiger partial charge in [0.2, 0.25) is 5.89 Å². The van der Waals surface area contributed by atoms with Crippen molar-refractivity contribution >= 4 is 0 Å². The van der Waals surface area contributed by atoms with Crippen LogP contribution in [0.5, 0.6) is 0 Å². The third-order valence-electron chi connectivity index (χ3n) is 5.20. The lowest BCUT2D eigenvalue weighted by Crippen LogP contribution is -2.10. The van der Waals surface area contributed by atoms with Gasteiger partial charge in [-0.05, 0) is 36.5 Å². The van der Waals surface area contributed by atoms with Crippen LogP contribution < -0.4 is 0 Å². The molecule has 0 bridgehead atoms. The largest absolute Gasteiger partial charge is 0.443 e. The fourth-order valence-electron chi connectivity index (χ4n) is 3.31. The molecule has 2 aromatic carbocycles. The number of oxazole rings is 1. The molecule has 0 amide bonds. The number of nitrogens with zero attached hydrogens (tertiary/aromatic N) is 3. The lowest BCUT2D eigenvalue weighted by atomic mass is 9.86. The predicted molar refractivity (Wildman–Crippen MR) is 117 cm³/mol. The molecule has 0 radical (unpaired) electrons. The number of aryl methyl sites for hydroxylation is 2. The van der Waals surface area contributed by atoms with Gasteiger partial charge >= 0.3 is 0 Å². The number of hydrogen-bond acceptors (Lipinski definition) is 3. The highest BCUT2D eigenvalue weighted by Gasteiger charge is 2.16. The third kappa shape index (κ3) is 4.16. The van der Waals surface area contributed by atoms with Gasteiger partial charge in [-0.3, -0.25) is 4.68 Å². The summed E-state index contributed by atoms with van der Waals surface area (Å²) in [7, 11) is 0. The van der Waals surface area contributed by atoms with Crippen LogP contribution >= 0.6 is 0 Å².